The summed E-state index contributed by atoms with van der Waals surface area (Å²) in [5.74, 6) is 0.0665. The zero-order valence-electron chi connectivity index (χ0n) is 9.11. The molecular weight excluding hydrogens is 224 g/mol. The summed E-state index contributed by atoms with van der Waals surface area (Å²) >= 11 is 5.88. The fourth-order valence-electron chi connectivity index (χ4n) is 1.66. The number of benzene rings is 1. The van der Waals surface area contributed by atoms with Gasteiger partial charge in [-0.15, -0.1) is 0 Å². The number of nitrogens with zero attached hydrogens (tertiary/aromatic N) is 2. The Labute approximate surface area is 99.7 Å². The quantitative estimate of drug-likeness (QED) is 0.794. The molecule has 0 saturated carbocycles. The summed E-state index contributed by atoms with van der Waals surface area (Å²) in [6, 6.07) is 7.49. The highest BCUT2D eigenvalue weighted by atomic mass is 35.5. The van der Waals surface area contributed by atoms with Gasteiger partial charge >= 0.3 is 0 Å². The number of rotatable bonds is 3. The van der Waals surface area contributed by atoms with E-state index in [1.165, 1.54) is 5.01 Å². The van der Waals surface area contributed by atoms with Crippen LogP contribution in [0.1, 0.15) is 25.3 Å². The van der Waals surface area contributed by atoms with E-state index in [9.17, 15) is 4.79 Å². The summed E-state index contributed by atoms with van der Waals surface area (Å²) in [5, 5.41) is 6.47. The second-order valence-corrected chi connectivity index (χ2v) is 4.21. The summed E-state index contributed by atoms with van der Waals surface area (Å²) in [5.41, 5.74) is 1.95. The average molecular weight is 237 g/mol. The molecule has 0 spiro atoms. The van der Waals surface area contributed by atoms with Crippen molar-refractivity contribution >= 4 is 23.2 Å². The number of carbonyl (C=O) groups excluding carboxylic acids is 1. The van der Waals surface area contributed by atoms with Crippen molar-refractivity contribution in [3.05, 3.63) is 34.9 Å². The van der Waals surface area contributed by atoms with Gasteiger partial charge in [0.15, 0.2) is 0 Å². The number of hydrogen-bond acceptors (Lipinski definition) is 2. The summed E-state index contributed by atoms with van der Waals surface area (Å²) in [4.78, 5) is 11.6. The summed E-state index contributed by atoms with van der Waals surface area (Å²) in [7, 11) is 0. The first-order valence-corrected chi connectivity index (χ1v) is 5.68. The van der Waals surface area contributed by atoms with Gasteiger partial charge in [0.1, 0.15) is 0 Å². The maximum absolute atomic E-state index is 11.6. The van der Waals surface area contributed by atoms with Crippen molar-refractivity contribution in [3.63, 3.8) is 0 Å². The Morgan fingerprint density at radius 1 is 1.50 bits per heavy atom. The highest BCUT2D eigenvalue weighted by Crippen LogP contribution is 2.17. The highest BCUT2D eigenvalue weighted by molar-refractivity contribution is 6.30. The third-order valence-corrected chi connectivity index (χ3v) is 2.77. The van der Waals surface area contributed by atoms with Crippen molar-refractivity contribution in [2.45, 2.75) is 26.3 Å². The SMILES string of the molecule is CCC1=NN(Cc2cccc(Cl)c2)C(=O)C1. The molecule has 0 atom stereocenters. The van der Waals surface area contributed by atoms with Gasteiger partial charge in [0.05, 0.1) is 13.0 Å². The molecule has 0 N–H and O–H groups in total. The van der Waals surface area contributed by atoms with E-state index in [4.69, 9.17) is 11.6 Å². The summed E-state index contributed by atoms with van der Waals surface area (Å²) in [6.07, 6.45) is 1.29. The van der Waals surface area contributed by atoms with Crippen molar-refractivity contribution in [1.82, 2.24) is 5.01 Å². The molecule has 84 valence electrons. The van der Waals surface area contributed by atoms with Crippen LogP contribution >= 0.6 is 11.6 Å². The lowest BCUT2D eigenvalue weighted by Gasteiger charge is -2.11. The number of amides is 1. The van der Waals surface area contributed by atoms with Gasteiger partial charge in [-0.1, -0.05) is 30.7 Å². The zero-order valence-corrected chi connectivity index (χ0v) is 9.87. The molecule has 0 saturated heterocycles. The molecule has 0 fully saturated rings. The Kier molecular flexibility index (Phi) is 3.25. The minimum absolute atomic E-state index is 0.0665. The maximum atomic E-state index is 11.6. The van der Waals surface area contributed by atoms with Crippen LogP contribution in [0.2, 0.25) is 5.02 Å². The van der Waals surface area contributed by atoms with Crippen molar-refractivity contribution < 1.29 is 4.79 Å². The normalized spacial score (nSPS) is 15.5. The van der Waals surface area contributed by atoms with Gasteiger partial charge in [0.2, 0.25) is 5.91 Å². The van der Waals surface area contributed by atoms with Gasteiger partial charge in [-0.25, -0.2) is 5.01 Å². The average Bonchev–Trinajstić information content (AvgIpc) is 2.60. The first-order valence-electron chi connectivity index (χ1n) is 5.30. The Morgan fingerprint density at radius 3 is 2.94 bits per heavy atom. The molecule has 1 aliphatic heterocycles. The highest BCUT2D eigenvalue weighted by Gasteiger charge is 2.22. The standard InChI is InChI=1S/C12H13ClN2O/c1-2-11-7-12(16)15(14-11)8-9-4-3-5-10(13)6-9/h3-6H,2,7-8H2,1H3. The Hall–Kier alpha value is -1.35. The van der Waals surface area contributed by atoms with Gasteiger partial charge in [-0.2, -0.15) is 5.10 Å². The molecule has 0 aliphatic carbocycles. The van der Waals surface area contributed by atoms with Gasteiger partial charge in [0.25, 0.3) is 0 Å². The lowest BCUT2D eigenvalue weighted by Crippen LogP contribution is -2.19. The van der Waals surface area contributed by atoms with Crippen LogP contribution in [-0.2, 0) is 11.3 Å². The topological polar surface area (TPSA) is 32.7 Å². The molecule has 2 rings (SSSR count). The van der Waals surface area contributed by atoms with Gasteiger partial charge in [-0.3, -0.25) is 4.79 Å². The lowest BCUT2D eigenvalue weighted by atomic mass is 10.2. The van der Waals surface area contributed by atoms with E-state index in [0.29, 0.717) is 18.0 Å². The molecule has 1 heterocycles. The zero-order chi connectivity index (χ0) is 11.5. The van der Waals surface area contributed by atoms with Crippen LogP contribution in [0.5, 0.6) is 0 Å². The molecule has 4 heteroatoms. The largest absolute Gasteiger partial charge is 0.273 e. The van der Waals surface area contributed by atoms with E-state index in [1.807, 2.05) is 31.2 Å². The van der Waals surface area contributed by atoms with E-state index in [0.717, 1.165) is 17.7 Å². The van der Waals surface area contributed by atoms with Crippen LogP contribution in [0, 0.1) is 0 Å². The summed E-state index contributed by atoms with van der Waals surface area (Å²) in [6.45, 7) is 2.51. The van der Waals surface area contributed by atoms with E-state index in [1.54, 1.807) is 0 Å². The Balaban J connectivity index is 2.10. The number of halogens is 1. The third-order valence-electron chi connectivity index (χ3n) is 2.53. The number of hydrazone groups is 1. The molecule has 0 unspecified atom stereocenters. The number of carbonyl (C=O) groups is 1. The predicted molar refractivity (Wildman–Crippen MR) is 64.3 cm³/mol. The first kappa shape index (κ1) is 11.1. The smallest absolute Gasteiger partial charge is 0.248 e. The second kappa shape index (κ2) is 4.66. The maximum Gasteiger partial charge on any atom is 0.248 e. The minimum Gasteiger partial charge on any atom is -0.273 e. The van der Waals surface area contributed by atoms with Crippen molar-refractivity contribution in [3.8, 4) is 0 Å². The molecule has 16 heavy (non-hydrogen) atoms. The monoisotopic (exact) mass is 236 g/mol. The molecule has 0 aromatic heterocycles. The van der Waals surface area contributed by atoms with Crippen LogP contribution in [0.4, 0.5) is 0 Å². The fraction of sp³-hybridized carbons (Fsp3) is 0.333. The molecule has 0 bridgehead atoms. The molecule has 1 aromatic carbocycles. The fourth-order valence-corrected chi connectivity index (χ4v) is 1.87. The predicted octanol–water partition coefficient (Wildman–Crippen LogP) is 2.84. The van der Waals surface area contributed by atoms with E-state index in [-0.39, 0.29) is 5.91 Å². The molecule has 1 amide bonds. The molecule has 0 radical (unpaired) electrons. The second-order valence-electron chi connectivity index (χ2n) is 3.78. The third kappa shape index (κ3) is 2.42. The van der Waals surface area contributed by atoms with Crippen LogP contribution in [-0.4, -0.2) is 16.6 Å². The van der Waals surface area contributed by atoms with Gasteiger partial charge in [0, 0.05) is 10.7 Å². The Bertz CT molecular complexity index is 442. The van der Waals surface area contributed by atoms with Crippen LogP contribution < -0.4 is 0 Å². The summed E-state index contributed by atoms with van der Waals surface area (Å²) < 4.78 is 0. The van der Waals surface area contributed by atoms with Gasteiger partial charge in [-0.05, 0) is 24.1 Å². The van der Waals surface area contributed by atoms with Crippen LogP contribution in [0.25, 0.3) is 0 Å². The first-order chi connectivity index (χ1) is 7.69. The van der Waals surface area contributed by atoms with Crippen molar-refractivity contribution in [1.29, 1.82) is 0 Å². The molecule has 3 nitrogen and oxygen atoms in total. The van der Waals surface area contributed by atoms with E-state index in [2.05, 4.69) is 5.10 Å². The number of hydrogen-bond donors (Lipinski definition) is 0. The molecule has 1 aliphatic rings. The van der Waals surface area contributed by atoms with E-state index < -0.39 is 0 Å². The van der Waals surface area contributed by atoms with Crippen molar-refractivity contribution in [2.24, 2.45) is 5.10 Å². The van der Waals surface area contributed by atoms with Crippen molar-refractivity contribution in [2.75, 3.05) is 0 Å². The molecular formula is C12H13ClN2O. The lowest BCUT2D eigenvalue weighted by molar-refractivity contribution is -0.129. The minimum atomic E-state index is 0.0665. The Morgan fingerprint density at radius 2 is 2.31 bits per heavy atom. The molecule has 1 aromatic rings. The van der Waals surface area contributed by atoms with Gasteiger partial charge < -0.3 is 0 Å². The van der Waals surface area contributed by atoms with E-state index >= 15 is 0 Å². The van der Waals surface area contributed by atoms with Crippen LogP contribution in [0.15, 0.2) is 29.4 Å². The van der Waals surface area contributed by atoms with Crippen LogP contribution in [0.3, 0.4) is 0 Å².